The maximum absolute atomic E-state index is 2.90. The Morgan fingerprint density at radius 3 is 1.13 bits per heavy atom. The minimum atomic E-state index is 0.224. The van der Waals surface area contributed by atoms with Crippen LogP contribution in [0.5, 0.6) is 0 Å². The minimum absolute atomic E-state index is 0.224. The highest BCUT2D eigenvalue weighted by Crippen LogP contribution is 2.52. The predicted molar refractivity (Wildman–Crippen MR) is 259 cm³/mol. The van der Waals surface area contributed by atoms with Gasteiger partial charge in [-0.3, -0.25) is 0 Å². The summed E-state index contributed by atoms with van der Waals surface area (Å²) in [5.74, 6) is 1.36. The molecular weight excluding hydrogens is 735 g/mol. The molecule has 0 bridgehead atoms. The number of benzene rings is 5. The third-order valence-corrected chi connectivity index (χ3v) is 17.5. The van der Waals surface area contributed by atoms with E-state index in [9.17, 15) is 0 Å². The van der Waals surface area contributed by atoms with Crippen molar-refractivity contribution in [3.05, 3.63) is 122 Å². The summed E-state index contributed by atoms with van der Waals surface area (Å²) < 4.78 is 0. The molecule has 5 aromatic carbocycles. The number of aryl methyl sites for hydroxylation is 4. The SMILES string of the molecule is c1cc2c3c(c1)N(c1c4c(cc5c1CCCC5)CCCC4)c1ccc(C4CCCCC4)cc1B3c1cc(C3CCCCC3)ccc1N2c1c2c(cc3c1CCCC3)CCCC2. The van der Waals surface area contributed by atoms with E-state index < -0.39 is 0 Å². The first-order valence-electron chi connectivity index (χ1n) is 25.6. The number of fused-ring (bicyclic) bond motifs is 8. The van der Waals surface area contributed by atoms with E-state index >= 15 is 0 Å². The molecule has 3 heteroatoms. The van der Waals surface area contributed by atoms with Crippen molar-refractivity contribution in [1.29, 1.82) is 0 Å². The number of rotatable bonds is 4. The van der Waals surface area contributed by atoms with Crippen LogP contribution in [0.2, 0.25) is 0 Å². The van der Waals surface area contributed by atoms with Gasteiger partial charge in [-0.15, -0.1) is 0 Å². The van der Waals surface area contributed by atoms with Crippen LogP contribution in [0.15, 0.2) is 66.7 Å². The van der Waals surface area contributed by atoms with E-state index in [1.807, 2.05) is 0 Å². The predicted octanol–water partition coefficient (Wildman–Crippen LogP) is 13.4. The Morgan fingerprint density at radius 1 is 0.361 bits per heavy atom. The molecule has 0 atom stereocenters. The Balaban J connectivity index is 1.12. The number of nitrogens with zero attached hydrogens (tertiary/aromatic N) is 2. The lowest BCUT2D eigenvalue weighted by molar-refractivity contribution is 0.444. The molecule has 6 aliphatic carbocycles. The third-order valence-electron chi connectivity index (χ3n) is 17.5. The van der Waals surface area contributed by atoms with Crippen LogP contribution in [-0.4, -0.2) is 6.71 Å². The zero-order chi connectivity index (χ0) is 40.0. The highest BCUT2D eigenvalue weighted by molar-refractivity contribution is 7.00. The summed E-state index contributed by atoms with van der Waals surface area (Å²) in [7, 11) is 0. The smallest absolute Gasteiger partial charge is 0.252 e. The van der Waals surface area contributed by atoms with Gasteiger partial charge in [-0.05, 0) is 237 Å². The van der Waals surface area contributed by atoms with Crippen LogP contribution in [-0.2, 0) is 51.4 Å². The molecule has 8 aliphatic rings. The van der Waals surface area contributed by atoms with E-state index in [1.165, 1.54) is 190 Å². The van der Waals surface area contributed by atoms with E-state index in [2.05, 4.69) is 76.5 Å². The summed E-state index contributed by atoms with van der Waals surface area (Å²) in [6, 6.07) is 28.9. The van der Waals surface area contributed by atoms with Crippen molar-refractivity contribution in [3.63, 3.8) is 0 Å². The van der Waals surface area contributed by atoms with Crippen molar-refractivity contribution in [2.75, 3.05) is 9.80 Å². The first kappa shape index (κ1) is 37.3. The maximum atomic E-state index is 2.90. The average Bonchev–Trinajstić information content (AvgIpc) is 3.33. The fraction of sp³-hybridized carbons (Fsp3) is 0.483. The molecule has 61 heavy (non-hydrogen) atoms. The van der Waals surface area contributed by atoms with Crippen molar-refractivity contribution in [2.45, 2.75) is 179 Å². The molecule has 0 unspecified atom stereocenters. The number of anilines is 6. The average molecular weight is 801 g/mol. The van der Waals surface area contributed by atoms with Gasteiger partial charge in [0.05, 0.1) is 11.4 Å². The van der Waals surface area contributed by atoms with Gasteiger partial charge in [0, 0.05) is 22.7 Å². The molecule has 0 aromatic heterocycles. The van der Waals surface area contributed by atoms with Crippen LogP contribution in [0, 0.1) is 0 Å². The normalized spacial score (nSPS) is 20.8. The quantitative estimate of drug-likeness (QED) is 0.164. The fourth-order valence-electron chi connectivity index (χ4n) is 14.6. The van der Waals surface area contributed by atoms with Gasteiger partial charge in [-0.25, -0.2) is 0 Å². The summed E-state index contributed by atoms with van der Waals surface area (Å²) in [5, 5.41) is 0. The van der Waals surface area contributed by atoms with Gasteiger partial charge in [0.15, 0.2) is 0 Å². The second-order valence-electron chi connectivity index (χ2n) is 20.9. The molecule has 0 amide bonds. The zero-order valence-electron chi connectivity index (χ0n) is 36.9. The third kappa shape index (κ3) is 6.01. The summed E-state index contributed by atoms with van der Waals surface area (Å²) >= 11 is 0. The Bertz CT molecular complexity index is 2310. The standard InChI is InChI=1S/C58H65BN2/c1-3-16-38(17-4-1)40-30-32-52-50(36-40)59-51-37-41(39-18-5-2-6-19-39)31-33-53(51)61(58-48-26-13-9-22-44(48)35-45-23-10-14-27-49(45)58)55-29-15-28-54(56(55)59)60(52)57-46-24-11-7-20-42(46)34-43-21-8-12-25-47(43)57/h15,28-39H,1-14,16-27H2. The van der Waals surface area contributed by atoms with E-state index in [-0.39, 0.29) is 6.71 Å². The summed E-state index contributed by atoms with van der Waals surface area (Å²) in [6.45, 7) is 0.224. The van der Waals surface area contributed by atoms with Crippen molar-refractivity contribution in [1.82, 2.24) is 0 Å². The van der Waals surface area contributed by atoms with Gasteiger partial charge in [0.1, 0.15) is 0 Å². The summed E-state index contributed by atoms with van der Waals surface area (Å²) in [6.07, 6.45) is 34.0. The number of hydrogen-bond acceptors (Lipinski definition) is 2. The van der Waals surface area contributed by atoms with Crippen molar-refractivity contribution in [2.24, 2.45) is 0 Å². The molecule has 2 fully saturated rings. The largest absolute Gasteiger partial charge is 0.311 e. The van der Waals surface area contributed by atoms with Crippen LogP contribution in [0.4, 0.5) is 34.1 Å². The lowest BCUT2D eigenvalue weighted by Crippen LogP contribution is -2.61. The van der Waals surface area contributed by atoms with Crippen LogP contribution < -0.4 is 26.2 Å². The summed E-state index contributed by atoms with van der Waals surface area (Å²) in [4.78, 5) is 5.79. The van der Waals surface area contributed by atoms with Gasteiger partial charge in [0.2, 0.25) is 0 Å². The Hall–Kier alpha value is -4.24. The molecule has 13 rings (SSSR count). The molecule has 0 radical (unpaired) electrons. The van der Waals surface area contributed by atoms with Crippen molar-refractivity contribution >= 4 is 57.2 Å². The van der Waals surface area contributed by atoms with Gasteiger partial charge in [-0.2, -0.15) is 0 Å². The molecule has 0 spiro atoms. The van der Waals surface area contributed by atoms with E-state index in [0.29, 0.717) is 11.8 Å². The van der Waals surface area contributed by atoms with Crippen LogP contribution in [0.25, 0.3) is 0 Å². The van der Waals surface area contributed by atoms with E-state index in [4.69, 9.17) is 0 Å². The first-order chi connectivity index (χ1) is 30.3. The molecule has 0 N–H and O–H groups in total. The first-order valence-corrected chi connectivity index (χ1v) is 25.6. The summed E-state index contributed by atoms with van der Waals surface area (Å²) in [5.41, 5.74) is 30.3. The van der Waals surface area contributed by atoms with Crippen LogP contribution in [0.3, 0.4) is 0 Å². The fourth-order valence-corrected chi connectivity index (χ4v) is 14.6. The molecule has 2 nitrogen and oxygen atoms in total. The molecule has 310 valence electrons. The molecule has 2 aliphatic heterocycles. The van der Waals surface area contributed by atoms with Crippen LogP contribution >= 0.6 is 0 Å². The van der Waals surface area contributed by atoms with E-state index in [1.54, 1.807) is 83.4 Å². The van der Waals surface area contributed by atoms with Crippen LogP contribution in [0.1, 0.15) is 183 Å². The van der Waals surface area contributed by atoms with Crippen molar-refractivity contribution in [3.8, 4) is 0 Å². The maximum Gasteiger partial charge on any atom is 0.252 e. The molecule has 5 aromatic rings. The van der Waals surface area contributed by atoms with E-state index in [0.717, 1.165) is 0 Å². The van der Waals surface area contributed by atoms with Gasteiger partial charge >= 0.3 is 0 Å². The number of hydrogen-bond donors (Lipinski definition) is 0. The van der Waals surface area contributed by atoms with Gasteiger partial charge in [-0.1, -0.05) is 81.0 Å². The molecule has 2 saturated carbocycles. The monoisotopic (exact) mass is 801 g/mol. The highest BCUT2D eigenvalue weighted by Gasteiger charge is 2.46. The lowest BCUT2D eigenvalue weighted by atomic mass is 9.33. The Morgan fingerprint density at radius 2 is 0.738 bits per heavy atom. The molecule has 0 saturated heterocycles. The van der Waals surface area contributed by atoms with Gasteiger partial charge in [0.25, 0.3) is 6.71 Å². The Labute approximate surface area is 366 Å². The van der Waals surface area contributed by atoms with Crippen molar-refractivity contribution < 1.29 is 0 Å². The minimum Gasteiger partial charge on any atom is -0.311 e. The van der Waals surface area contributed by atoms with Gasteiger partial charge < -0.3 is 9.80 Å². The molecule has 2 heterocycles. The molecular formula is C58H65BN2. The Kier molecular flexibility index (Phi) is 9.33. The second-order valence-corrected chi connectivity index (χ2v) is 20.9. The second kappa shape index (κ2) is 15.2. The highest BCUT2D eigenvalue weighted by atomic mass is 15.2. The topological polar surface area (TPSA) is 6.48 Å². The lowest BCUT2D eigenvalue weighted by Gasteiger charge is -2.47. The zero-order valence-corrected chi connectivity index (χ0v) is 36.9.